The van der Waals surface area contributed by atoms with Crippen LogP contribution in [0.3, 0.4) is 0 Å². The highest BCUT2D eigenvalue weighted by atomic mass is 16.6. The summed E-state index contributed by atoms with van der Waals surface area (Å²) in [5, 5.41) is 2.76. The maximum atomic E-state index is 12.2. The lowest BCUT2D eigenvalue weighted by molar-refractivity contribution is -0.142. The molecular formula is C19H21NO6. The molecule has 2 aromatic carbocycles. The summed E-state index contributed by atoms with van der Waals surface area (Å²) in [6.07, 6.45) is 0. The second-order valence-corrected chi connectivity index (χ2v) is 5.15. The zero-order chi connectivity index (χ0) is 18.8. The molecule has 1 N–H and O–H groups in total. The maximum absolute atomic E-state index is 12.2. The van der Waals surface area contributed by atoms with Crippen LogP contribution < -0.4 is 19.5 Å². The van der Waals surface area contributed by atoms with Crippen molar-refractivity contribution in [2.45, 2.75) is 0 Å². The van der Waals surface area contributed by atoms with Gasteiger partial charge in [-0.3, -0.25) is 4.79 Å². The van der Waals surface area contributed by atoms with Crippen LogP contribution in [0, 0.1) is 0 Å². The summed E-state index contributed by atoms with van der Waals surface area (Å²) < 4.78 is 20.6. The number of ether oxygens (including phenoxy) is 4. The quantitative estimate of drug-likeness (QED) is 0.545. The standard InChI is InChI=1S/C19H21NO6/c1-23-16-9-8-14(12-17(16)26-13-18(21)24-2)19(22)20-10-11-25-15-6-4-3-5-7-15/h3-9,12H,10-11,13H2,1-2H3,(H,20,22). The first-order chi connectivity index (χ1) is 12.6. The largest absolute Gasteiger partial charge is 0.493 e. The van der Waals surface area contributed by atoms with Gasteiger partial charge in [-0.25, -0.2) is 4.79 Å². The van der Waals surface area contributed by atoms with Gasteiger partial charge in [0, 0.05) is 5.56 Å². The number of carbonyl (C=O) groups is 2. The van der Waals surface area contributed by atoms with Gasteiger partial charge in [-0.2, -0.15) is 0 Å². The third-order valence-electron chi connectivity index (χ3n) is 3.40. The van der Waals surface area contributed by atoms with Crippen LogP contribution in [0.1, 0.15) is 10.4 Å². The summed E-state index contributed by atoms with van der Waals surface area (Å²) in [7, 11) is 2.74. The van der Waals surface area contributed by atoms with Gasteiger partial charge in [0.1, 0.15) is 12.4 Å². The van der Waals surface area contributed by atoms with Crippen LogP contribution >= 0.6 is 0 Å². The van der Waals surface area contributed by atoms with Crippen LogP contribution in [0.4, 0.5) is 0 Å². The van der Waals surface area contributed by atoms with Gasteiger partial charge >= 0.3 is 5.97 Å². The summed E-state index contributed by atoms with van der Waals surface area (Å²) in [5.74, 6) is 0.626. The van der Waals surface area contributed by atoms with Crippen molar-refractivity contribution < 1.29 is 28.5 Å². The van der Waals surface area contributed by atoms with Gasteiger partial charge in [-0.15, -0.1) is 0 Å². The fourth-order valence-corrected chi connectivity index (χ4v) is 2.08. The number of nitrogens with one attached hydrogen (secondary N) is 1. The Labute approximate surface area is 151 Å². The molecule has 0 aliphatic rings. The molecule has 0 saturated heterocycles. The first kappa shape index (κ1) is 19.1. The van der Waals surface area contributed by atoms with E-state index in [4.69, 9.17) is 14.2 Å². The molecule has 138 valence electrons. The van der Waals surface area contributed by atoms with E-state index in [9.17, 15) is 9.59 Å². The molecule has 0 aliphatic heterocycles. The molecule has 0 saturated carbocycles. The van der Waals surface area contributed by atoms with Crippen molar-refractivity contribution in [3.63, 3.8) is 0 Å². The second-order valence-electron chi connectivity index (χ2n) is 5.15. The van der Waals surface area contributed by atoms with Gasteiger partial charge < -0.3 is 24.3 Å². The van der Waals surface area contributed by atoms with Crippen molar-refractivity contribution in [1.29, 1.82) is 0 Å². The Kier molecular flexibility index (Phi) is 7.30. The van der Waals surface area contributed by atoms with E-state index in [0.29, 0.717) is 24.5 Å². The molecule has 0 aliphatic carbocycles. The van der Waals surface area contributed by atoms with E-state index >= 15 is 0 Å². The van der Waals surface area contributed by atoms with Gasteiger partial charge in [0.2, 0.25) is 0 Å². The molecule has 7 heteroatoms. The molecular weight excluding hydrogens is 338 g/mol. The molecule has 7 nitrogen and oxygen atoms in total. The molecule has 26 heavy (non-hydrogen) atoms. The molecule has 0 bridgehead atoms. The van der Waals surface area contributed by atoms with Gasteiger partial charge in [-0.05, 0) is 30.3 Å². The Hall–Kier alpha value is -3.22. The summed E-state index contributed by atoms with van der Waals surface area (Å²) in [6.45, 7) is 0.415. The molecule has 0 fully saturated rings. The van der Waals surface area contributed by atoms with Crippen molar-refractivity contribution in [3.8, 4) is 17.2 Å². The number of amides is 1. The predicted octanol–water partition coefficient (Wildman–Crippen LogP) is 2.06. The maximum Gasteiger partial charge on any atom is 0.343 e. The van der Waals surface area contributed by atoms with Crippen LogP contribution in [0.25, 0.3) is 0 Å². The minimum atomic E-state index is -0.528. The van der Waals surface area contributed by atoms with Crippen molar-refractivity contribution in [1.82, 2.24) is 5.32 Å². The third kappa shape index (κ3) is 5.70. The number of benzene rings is 2. The van der Waals surface area contributed by atoms with Crippen molar-refractivity contribution >= 4 is 11.9 Å². The SMILES string of the molecule is COC(=O)COc1cc(C(=O)NCCOc2ccccc2)ccc1OC. The van der Waals surface area contributed by atoms with E-state index in [-0.39, 0.29) is 18.3 Å². The highest BCUT2D eigenvalue weighted by Crippen LogP contribution is 2.28. The van der Waals surface area contributed by atoms with Crippen molar-refractivity contribution in [3.05, 3.63) is 54.1 Å². The summed E-state index contributed by atoms with van der Waals surface area (Å²) >= 11 is 0. The number of esters is 1. The van der Waals surface area contributed by atoms with Crippen molar-refractivity contribution in [2.24, 2.45) is 0 Å². The predicted molar refractivity (Wildman–Crippen MR) is 94.8 cm³/mol. The lowest BCUT2D eigenvalue weighted by Crippen LogP contribution is -2.28. The number of rotatable bonds is 9. The Bertz CT molecular complexity index is 732. The Balaban J connectivity index is 1.89. The van der Waals surface area contributed by atoms with E-state index in [0.717, 1.165) is 5.75 Å². The van der Waals surface area contributed by atoms with Gasteiger partial charge in [0.05, 0.1) is 20.8 Å². The first-order valence-electron chi connectivity index (χ1n) is 7.97. The van der Waals surface area contributed by atoms with Crippen LogP contribution in [0.2, 0.25) is 0 Å². The topological polar surface area (TPSA) is 83.1 Å². The first-order valence-corrected chi connectivity index (χ1v) is 7.97. The van der Waals surface area contributed by atoms with E-state index in [1.54, 1.807) is 12.1 Å². The number of hydrogen-bond acceptors (Lipinski definition) is 6. The smallest absolute Gasteiger partial charge is 0.343 e. The molecule has 1 amide bonds. The minimum Gasteiger partial charge on any atom is -0.493 e. The minimum absolute atomic E-state index is 0.275. The van der Waals surface area contributed by atoms with E-state index in [1.807, 2.05) is 30.3 Å². The highest BCUT2D eigenvalue weighted by molar-refractivity contribution is 5.94. The second kappa shape index (κ2) is 9.93. The fourth-order valence-electron chi connectivity index (χ4n) is 2.08. The van der Waals surface area contributed by atoms with Crippen LogP contribution in [-0.2, 0) is 9.53 Å². The summed E-state index contributed by atoms with van der Waals surface area (Å²) in [6, 6.07) is 14.1. The van der Waals surface area contributed by atoms with Crippen LogP contribution in [-0.4, -0.2) is 45.9 Å². The zero-order valence-electron chi connectivity index (χ0n) is 14.7. The highest BCUT2D eigenvalue weighted by Gasteiger charge is 2.12. The average molecular weight is 359 g/mol. The Morgan fingerprint density at radius 3 is 2.42 bits per heavy atom. The summed E-state index contributed by atoms with van der Waals surface area (Å²) in [4.78, 5) is 23.5. The molecule has 2 aromatic rings. The molecule has 0 radical (unpaired) electrons. The average Bonchev–Trinajstić information content (AvgIpc) is 2.69. The van der Waals surface area contributed by atoms with E-state index < -0.39 is 5.97 Å². The van der Waals surface area contributed by atoms with Crippen LogP contribution in [0.15, 0.2) is 48.5 Å². The number of methoxy groups -OCH3 is 2. The summed E-state index contributed by atoms with van der Waals surface area (Å²) in [5.41, 5.74) is 0.380. The fraction of sp³-hybridized carbons (Fsp3) is 0.263. The molecule has 0 unspecified atom stereocenters. The Morgan fingerprint density at radius 1 is 0.962 bits per heavy atom. The van der Waals surface area contributed by atoms with Gasteiger partial charge in [0.15, 0.2) is 18.1 Å². The lowest BCUT2D eigenvalue weighted by Gasteiger charge is -2.12. The van der Waals surface area contributed by atoms with Crippen LogP contribution in [0.5, 0.6) is 17.2 Å². The molecule has 2 rings (SSSR count). The van der Waals surface area contributed by atoms with E-state index in [2.05, 4.69) is 10.1 Å². The van der Waals surface area contributed by atoms with E-state index in [1.165, 1.54) is 20.3 Å². The molecule has 0 aromatic heterocycles. The normalized spacial score (nSPS) is 9.92. The lowest BCUT2D eigenvalue weighted by atomic mass is 10.2. The third-order valence-corrected chi connectivity index (χ3v) is 3.40. The number of hydrogen-bond donors (Lipinski definition) is 1. The number of para-hydroxylation sites is 1. The monoisotopic (exact) mass is 359 g/mol. The molecule has 0 spiro atoms. The zero-order valence-corrected chi connectivity index (χ0v) is 14.7. The Morgan fingerprint density at radius 2 is 1.73 bits per heavy atom. The van der Waals surface area contributed by atoms with Gasteiger partial charge in [0.25, 0.3) is 5.91 Å². The van der Waals surface area contributed by atoms with Crippen molar-refractivity contribution in [2.75, 3.05) is 34.0 Å². The molecule has 0 heterocycles. The van der Waals surface area contributed by atoms with Gasteiger partial charge in [-0.1, -0.05) is 18.2 Å². The number of carbonyl (C=O) groups excluding carboxylic acids is 2. The molecule has 0 atom stereocenters.